The largest absolute Gasteiger partial charge is 0.298 e. The van der Waals surface area contributed by atoms with E-state index >= 15 is 0 Å². The van der Waals surface area contributed by atoms with Gasteiger partial charge in [0.25, 0.3) is 0 Å². The lowest BCUT2D eigenvalue weighted by Gasteiger charge is -2.22. The Morgan fingerprint density at radius 1 is 1.62 bits per heavy atom. The average molecular weight is 220 g/mol. The fourth-order valence-corrected chi connectivity index (χ4v) is 1.61. The molecule has 1 rings (SSSR count). The zero-order valence-corrected chi connectivity index (χ0v) is 9.69. The van der Waals surface area contributed by atoms with Crippen LogP contribution in [0.15, 0.2) is 0 Å². The van der Waals surface area contributed by atoms with Gasteiger partial charge in [0.2, 0.25) is 0 Å². The maximum Gasteiger partial charge on any atom is 0.138 e. The molecule has 0 aliphatic rings. The van der Waals surface area contributed by atoms with E-state index < -0.39 is 0 Å². The fraction of sp³-hybridized carbons (Fsp3) is 0.750. The van der Waals surface area contributed by atoms with Crippen molar-refractivity contribution < 1.29 is 0 Å². The van der Waals surface area contributed by atoms with Gasteiger partial charge in [-0.25, -0.2) is 0 Å². The van der Waals surface area contributed by atoms with Crippen LogP contribution in [0.3, 0.4) is 0 Å². The predicted molar refractivity (Wildman–Crippen MR) is 56.1 cm³/mol. The Balaban J connectivity index is 2.54. The van der Waals surface area contributed by atoms with Gasteiger partial charge in [-0.2, -0.15) is 0 Å². The van der Waals surface area contributed by atoms with E-state index in [0.29, 0.717) is 10.4 Å². The van der Waals surface area contributed by atoms with Crippen molar-refractivity contribution >= 4 is 23.1 Å². The molecule has 0 spiro atoms. The van der Waals surface area contributed by atoms with Gasteiger partial charge in [0, 0.05) is 24.1 Å². The summed E-state index contributed by atoms with van der Waals surface area (Å²) in [5.74, 6) is 0. The van der Waals surface area contributed by atoms with Crippen LogP contribution in [0.1, 0.15) is 26.0 Å². The minimum Gasteiger partial charge on any atom is -0.298 e. The van der Waals surface area contributed by atoms with E-state index in [9.17, 15) is 0 Å². The fourth-order valence-electron chi connectivity index (χ4n) is 0.995. The van der Waals surface area contributed by atoms with Gasteiger partial charge in [-0.15, -0.1) is 5.10 Å². The molecule has 1 aromatic rings. The first-order valence-electron chi connectivity index (χ1n) is 4.32. The van der Waals surface area contributed by atoms with Crippen LogP contribution in [0.5, 0.6) is 0 Å². The molecule has 0 bridgehead atoms. The van der Waals surface area contributed by atoms with E-state index in [1.54, 1.807) is 0 Å². The quantitative estimate of drug-likeness (QED) is 0.779. The summed E-state index contributed by atoms with van der Waals surface area (Å²) in [6, 6.07) is 0.553. The maximum absolute atomic E-state index is 5.90. The zero-order valence-electron chi connectivity index (χ0n) is 8.12. The molecule has 0 fully saturated rings. The summed E-state index contributed by atoms with van der Waals surface area (Å²) in [6.45, 7) is 5.14. The van der Waals surface area contributed by atoms with Crippen LogP contribution in [0.25, 0.3) is 0 Å². The highest BCUT2D eigenvalue weighted by atomic mass is 35.5. The van der Waals surface area contributed by atoms with E-state index in [1.807, 2.05) is 0 Å². The molecule has 1 heterocycles. The molecule has 5 heteroatoms. The van der Waals surface area contributed by atoms with Crippen LogP contribution in [-0.2, 0) is 6.54 Å². The molecule has 0 amide bonds. The van der Waals surface area contributed by atoms with Crippen molar-refractivity contribution in [2.45, 2.75) is 32.9 Å². The summed E-state index contributed by atoms with van der Waals surface area (Å²) >= 11 is 7.14. The number of nitrogens with zero attached hydrogens (tertiary/aromatic N) is 3. The van der Waals surface area contributed by atoms with Gasteiger partial charge in [-0.1, -0.05) is 23.0 Å². The van der Waals surface area contributed by atoms with E-state index in [4.69, 9.17) is 11.6 Å². The zero-order chi connectivity index (χ0) is 9.84. The van der Waals surface area contributed by atoms with Crippen molar-refractivity contribution in [2.24, 2.45) is 0 Å². The number of rotatable bonds is 4. The molecule has 0 aliphatic heterocycles. The third-order valence-electron chi connectivity index (χ3n) is 2.25. The van der Waals surface area contributed by atoms with E-state index in [0.717, 1.165) is 18.7 Å². The van der Waals surface area contributed by atoms with E-state index in [1.165, 1.54) is 11.5 Å². The molecule has 0 aliphatic carbocycles. The maximum atomic E-state index is 5.90. The monoisotopic (exact) mass is 219 g/mol. The molecule has 13 heavy (non-hydrogen) atoms. The van der Waals surface area contributed by atoms with Crippen molar-refractivity contribution in [1.29, 1.82) is 0 Å². The molecular weight excluding hydrogens is 206 g/mol. The Kier molecular flexibility index (Phi) is 4.09. The van der Waals surface area contributed by atoms with Crippen molar-refractivity contribution in [3.8, 4) is 0 Å². The van der Waals surface area contributed by atoms with E-state index in [2.05, 4.69) is 35.4 Å². The molecule has 0 saturated heterocycles. The standard InChI is InChI=1S/C8H14ClN3S/c1-4-6(2)12(3)5-7-8(9)13-11-10-7/h6H,4-5H2,1-3H3. The van der Waals surface area contributed by atoms with Gasteiger partial charge in [0.1, 0.15) is 10.0 Å². The molecular formula is C8H14ClN3S. The molecule has 74 valence electrons. The third-order valence-corrected chi connectivity index (χ3v) is 3.24. The normalized spacial score (nSPS) is 13.6. The number of hydrogen-bond acceptors (Lipinski definition) is 4. The Morgan fingerprint density at radius 2 is 2.31 bits per heavy atom. The van der Waals surface area contributed by atoms with E-state index in [-0.39, 0.29) is 0 Å². The third kappa shape index (κ3) is 2.90. The molecule has 0 N–H and O–H groups in total. The van der Waals surface area contributed by atoms with Gasteiger partial charge in [-0.3, -0.25) is 4.90 Å². The van der Waals surface area contributed by atoms with Crippen LogP contribution >= 0.6 is 23.1 Å². The SMILES string of the molecule is CCC(C)N(C)Cc1nnsc1Cl. The Hall–Kier alpha value is -0.190. The second kappa shape index (κ2) is 4.88. The van der Waals surface area contributed by atoms with Gasteiger partial charge in [0.15, 0.2) is 0 Å². The summed E-state index contributed by atoms with van der Waals surface area (Å²) < 4.78 is 4.50. The van der Waals surface area contributed by atoms with Crippen LogP contribution in [0.4, 0.5) is 0 Å². The second-order valence-electron chi connectivity index (χ2n) is 3.17. The van der Waals surface area contributed by atoms with Crippen molar-refractivity contribution in [3.05, 3.63) is 10.0 Å². The minimum absolute atomic E-state index is 0.553. The van der Waals surface area contributed by atoms with Crippen molar-refractivity contribution in [3.63, 3.8) is 0 Å². The van der Waals surface area contributed by atoms with Crippen LogP contribution in [0, 0.1) is 0 Å². The topological polar surface area (TPSA) is 29.0 Å². The highest BCUT2D eigenvalue weighted by Gasteiger charge is 2.11. The first-order chi connectivity index (χ1) is 6.15. The lowest BCUT2D eigenvalue weighted by atomic mass is 10.2. The summed E-state index contributed by atoms with van der Waals surface area (Å²) in [5, 5.41) is 3.97. The molecule has 0 radical (unpaired) electrons. The smallest absolute Gasteiger partial charge is 0.138 e. The molecule has 3 nitrogen and oxygen atoms in total. The van der Waals surface area contributed by atoms with Gasteiger partial charge in [0.05, 0.1) is 0 Å². The van der Waals surface area contributed by atoms with Gasteiger partial charge < -0.3 is 0 Å². The van der Waals surface area contributed by atoms with Crippen LogP contribution < -0.4 is 0 Å². The molecule has 1 aromatic heterocycles. The summed E-state index contributed by atoms with van der Waals surface area (Å²) in [5.41, 5.74) is 0.884. The lowest BCUT2D eigenvalue weighted by Crippen LogP contribution is -2.28. The average Bonchev–Trinajstić information content (AvgIpc) is 2.50. The first kappa shape index (κ1) is 10.9. The second-order valence-corrected chi connectivity index (χ2v) is 4.52. The first-order valence-corrected chi connectivity index (χ1v) is 5.47. The predicted octanol–water partition coefficient (Wildman–Crippen LogP) is 2.42. The lowest BCUT2D eigenvalue weighted by molar-refractivity contribution is 0.241. The summed E-state index contributed by atoms with van der Waals surface area (Å²) in [6.07, 6.45) is 1.13. The van der Waals surface area contributed by atoms with Crippen LogP contribution in [-0.4, -0.2) is 27.6 Å². The summed E-state index contributed by atoms with van der Waals surface area (Å²) in [7, 11) is 2.07. The van der Waals surface area contributed by atoms with Crippen molar-refractivity contribution in [1.82, 2.24) is 14.5 Å². The number of aromatic nitrogens is 2. The Labute approximate surface area is 87.9 Å². The number of hydrogen-bond donors (Lipinski definition) is 0. The van der Waals surface area contributed by atoms with Crippen LogP contribution in [0.2, 0.25) is 4.34 Å². The Bertz CT molecular complexity index is 264. The highest BCUT2D eigenvalue weighted by Crippen LogP contribution is 2.19. The van der Waals surface area contributed by atoms with Crippen molar-refractivity contribution in [2.75, 3.05) is 7.05 Å². The van der Waals surface area contributed by atoms with Gasteiger partial charge in [-0.05, 0) is 20.4 Å². The molecule has 0 saturated carbocycles. The Morgan fingerprint density at radius 3 is 2.77 bits per heavy atom. The number of halogens is 1. The summed E-state index contributed by atoms with van der Waals surface area (Å²) in [4.78, 5) is 2.22. The molecule has 0 aromatic carbocycles. The minimum atomic E-state index is 0.553. The van der Waals surface area contributed by atoms with Gasteiger partial charge >= 0.3 is 0 Å². The molecule has 1 atom stereocenters. The molecule has 1 unspecified atom stereocenters. The highest BCUT2D eigenvalue weighted by molar-refractivity contribution is 7.10.